The highest BCUT2D eigenvalue weighted by Crippen LogP contribution is 2.27. The standard InChI is InChI=1S/C14H15N3S/c1-2-11(15-5-1)8-10-3-4-12-13(9-10)18-14-16-6-7-17(12)14/h3-4,6-7,9,11,15H,1-2,5,8H2. The molecule has 1 N–H and O–H groups in total. The summed E-state index contributed by atoms with van der Waals surface area (Å²) in [7, 11) is 0. The largest absolute Gasteiger partial charge is 0.314 e. The lowest BCUT2D eigenvalue weighted by Gasteiger charge is -2.09. The summed E-state index contributed by atoms with van der Waals surface area (Å²) in [4.78, 5) is 5.44. The van der Waals surface area contributed by atoms with Gasteiger partial charge in [0.05, 0.1) is 10.2 Å². The molecule has 0 aliphatic carbocycles. The summed E-state index contributed by atoms with van der Waals surface area (Å²) in [6, 6.07) is 7.49. The van der Waals surface area contributed by atoms with Crippen molar-refractivity contribution in [3.05, 3.63) is 36.2 Å². The zero-order valence-corrected chi connectivity index (χ0v) is 10.9. The van der Waals surface area contributed by atoms with Gasteiger partial charge in [-0.25, -0.2) is 4.98 Å². The molecular weight excluding hydrogens is 242 g/mol. The first-order chi connectivity index (χ1) is 8.90. The Bertz CT molecular complexity index is 691. The second kappa shape index (κ2) is 4.07. The number of rotatable bonds is 2. The number of imidazole rings is 1. The molecule has 0 spiro atoms. The Morgan fingerprint density at radius 2 is 2.44 bits per heavy atom. The third-order valence-electron chi connectivity index (χ3n) is 3.74. The molecule has 0 amide bonds. The van der Waals surface area contributed by atoms with Crippen molar-refractivity contribution in [2.75, 3.05) is 6.54 Å². The Balaban J connectivity index is 1.73. The molecule has 0 bridgehead atoms. The number of thiazole rings is 1. The number of benzene rings is 1. The first kappa shape index (κ1) is 10.5. The zero-order chi connectivity index (χ0) is 11.9. The quantitative estimate of drug-likeness (QED) is 0.765. The number of nitrogens with one attached hydrogen (secondary N) is 1. The van der Waals surface area contributed by atoms with Crippen LogP contribution in [0.25, 0.3) is 15.2 Å². The van der Waals surface area contributed by atoms with E-state index in [4.69, 9.17) is 0 Å². The zero-order valence-electron chi connectivity index (χ0n) is 10.1. The molecule has 4 rings (SSSR count). The van der Waals surface area contributed by atoms with Gasteiger partial charge >= 0.3 is 0 Å². The molecule has 3 heterocycles. The van der Waals surface area contributed by atoms with Crippen molar-refractivity contribution in [3.8, 4) is 0 Å². The number of fused-ring (bicyclic) bond motifs is 3. The molecule has 1 aliphatic rings. The van der Waals surface area contributed by atoms with Gasteiger partial charge in [0.1, 0.15) is 0 Å². The maximum absolute atomic E-state index is 4.36. The molecule has 92 valence electrons. The summed E-state index contributed by atoms with van der Waals surface area (Å²) in [5.74, 6) is 0. The first-order valence-corrected chi connectivity index (χ1v) is 7.30. The maximum atomic E-state index is 4.36. The molecule has 1 aliphatic heterocycles. The minimum absolute atomic E-state index is 0.673. The van der Waals surface area contributed by atoms with Gasteiger partial charge < -0.3 is 5.32 Å². The Kier molecular flexibility index (Phi) is 2.38. The highest BCUT2D eigenvalue weighted by atomic mass is 32.1. The molecule has 0 radical (unpaired) electrons. The molecular formula is C14H15N3S. The van der Waals surface area contributed by atoms with Gasteiger partial charge in [-0.1, -0.05) is 17.4 Å². The van der Waals surface area contributed by atoms with Crippen LogP contribution in [0.1, 0.15) is 18.4 Å². The molecule has 1 atom stereocenters. The Morgan fingerprint density at radius 3 is 3.33 bits per heavy atom. The molecule has 2 aromatic heterocycles. The van der Waals surface area contributed by atoms with E-state index >= 15 is 0 Å². The van der Waals surface area contributed by atoms with E-state index in [1.165, 1.54) is 35.2 Å². The monoisotopic (exact) mass is 257 g/mol. The van der Waals surface area contributed by atoms with Crippen molar-refractivity contribution in [1.82, 2.24) is 14.7 Å². The molecule has 1 aromatic carbocycles. The van der Waals surface area contributed by atoms with Crippen molar-refractivity contribution in [1.29, 1.82) is 0 Å². The van der Waals surface area contributed by atoms with Crippen LogP contribution in [0.3, 0.4) is 0 Å². The number of aromatic nitrogens is 2. The SMILES string of the molecule is c1cn2c(n1)sc1cc(CC3CCCN3)ccc12. The normalized spacial score (nSPS) is 20.1. The van der Waals surface area contributed by atoms with Crippen LogP contribution in [-0.2, 0) is 6.42 Å². The second-order valence-corrected chi connectivity index (χ2v) is 5.99. The van der Waals surface area contributed by atoms with Gasteiger partial charge in [0, 0.05) is 18.4 Å². The van der Waals surface area contributed by atoms with E-state index in [1.807, 2.05) is 12.4 Å². The molecule has 1 saturated heterocycles. The summed E-state index contributed by atoms with van der Waals surface area (Å²) in [6.07, 6.45) is 7.68. The lowest BCUT2D eigenvalue weighted by atomic mass is 10.0. The molecule has 1 unspecified atom stereocenters. The number of hydrogen-bond donors (Lipinski definition) is 1. The fourth-order valence-corrected chi connectivity index (χ4v) is 3.88. The summed E-state index contributed by atoms with van der Waals surface area (Å²) in [5, 5.41) is 3.56. The minimum Gasteiger partial charge on any atom is -0.314 e. The van der Waals surface area contributed by atoms with E-state index in [0.717, 1.165) is 11.4 Å². The van der Waals surface area contributed by atoms with Gasteiger partial charge in [-0.05, 0) is 43.5 Å². The summed E-state index contributed by atoms with van der Waals surface area (Å²) in [5.41, 5.74) is 2.71. The Morgan fingerprint density at radius 1 is 1.44 bits per heavy atom. The van der Waals surface area contributed by atoms with E-state index in [2.05, 4.69) is 32.9 Å². The fourth-order valence-electron chi connectivity index (χ4n) is 2.83. The molecule has 1 fully saturated rings. The lowest BCUT2D eigenvalue weighted by molar-refractivity contribution is 0.603. The van der Waals surface area contributed by atoms with Crippen LogP contribution in [0.2, 0.25) is 0 Å². The number of hydrogen-bond acceptors (Lipinski definition) is 3. The van der Waals surface area contributed by atoms with Crippen LogP contribution >= 0.6 is 11.3 Å². The van der Waals surface area contributed by atoms with E-state index in [0.29, 0.717) is 6.04 Å². The van der Waals surface area contributed by atoms with Crippen LogP contribution in [0, 0.1) is 0 Å². The van der Waals surface area contributed by atoms with Crippen molar-refractivity contribution in [2.24, 2.45) is 0 Å². The van der Waals surface area contributed by atoms with E-state index in [1.54, 1.807) is 11.3 Å². The second-order valence-electron chi connectivity index (χ2n) is 4.98. The Hall–Kier alpha value is -1.39. The lowest BCUT2D eigenvalue weighted by Crippen LogP contribution is -2.23. The maximum Gasteiger partial charge on any atom is 0.194 e. The Labute approximate surface area is 109 Å². The summed E-state index contributed by atoms with van der Waals surface area (Å²) < 4.78 is 3.51. The minimum atomic E-state index is 0.673. The molecule has 18 heavy (non-hydrogen) atoms. The van der Waals surface area contributed by atoms with Crippen LogP contribution in [-0.4, -0.2) is 22.0 Å². The predicted molar refractivity (Wildman–Crippen MR) is 75.3 cm³/mol. The molecule has 0 saturated carbocycles. The third kappa shape index (κ3) is 1.64. The first-order valence-electron chi connectivity index (χ1n) is 6.48. The average molecular weight is 257 g/mol. The highest BCUT2D eigenvalue weighted by molar-refractivity contribution is 7.23. The van der Waals surface area contributed by atoms with E-state index in [-0.39, 0.29) is 0 Å². The summed E-state index contributed by atoms with van der Waals surface area (Å²) >= 11 is 1.77. The van der Waals surface area contributed by atoms with Crippen molar-refractivity contribution in [2.45, 2.75) is 25.3 Å². The van der Waals surface area contributed by atoms with Gasteiger partial charge in [0.25, 0.3) is 0 Å². The number of nitrogens with zero attached hydrogens (tertiary/aromatic N) is 2. The van der Waals surface area contributed by atoms with E-state index in [9.17, 15) is 0 Å². The van der Waals surface area contributed by atoms with Crippen molar-refractivity contribution < 1.29 is 0 Å². The van der Waals surface area contributed by atoms with Crippen LogP contribution in [0.5, 0.6) is 0 Å². The van der Waals surface area contributed by atoms with Crippen molar-refractivity contribution in [3.63, 3.8) is 0 Å². The fraction of sp³-hybridized carbons (Fsp3) is 0.357. The average Bonchev–Trinajstić information content (AvgIpc) is 3.04. The van der Waals surface area contributed by atoms with Gasteiger partial charge in [-0.15, -0.1) is 0 Å². The van der Waals surface area contributed by atoms with Gasteiger partial charge in [-0.2, -0.15) is 0 Å². The molecule has 3 aromatic rings. The van der Waals surface area contributed by atoms with Crippen LogP contribution < -0.4 is 5.32 Å². The van der Waals surface area contributed by atoms with Crippen LogP contribution in [0.4, 0.5) is 0 Å². The predicted octanol–water partition coefficient (Wildman–Crippen LogP) is 2.84. The smallest absolute Gasteiger partial charge is 0.194 e. The van der Waals surface area contributed by atoms with Gasteiger partial charge in [0.2, 0.25) is 0 Å². The van der Waals surface area contributed by atoms with E-state index < -0.39 is 0 Å². The van der Waals surface area contributed by atoms with Gasteiger partial charge in [-0.3, -0.25) is 4.40 Å². The van der Waals surface area contributed by atoms with Crippen molar-refractivity contribution >= 4 is 26.5 Å². The van der Waals surface area contributed by atoms with Gasteiger partial charge in [0.15, 0.2) is 4.96 Å². The third-order valence-corrected chi connectivity index (χ3v) is 4.77. The highest BCUT2D eigenvalue weighted by Gasteiger charge is 2.15. The topological polar surface area (TPSA) is 29.3 Å². The summed E-state index contributed by atoms with van der Waals surface area (Å²) in [6.45, 7) is 1.18. The molecule has 4 heteroatoms. The van der Waals surface area contributed by atoms with Crippen LogP contribution in [0.15, 0.2) is 30.6 Å². The molecule has 3 nitrogen and oxygen atoms in total.